The third kappa shape index (κ3) is 3.43. The van der Waals surface area contributed by atoms with Crippen LogP contribution in [0, 0.1) is 12.7 Å². The Morgan fingerprint density at radius 2 is 2.20 bits per heavy atom. The van der Waals surface area contributed by atoms with Crippen molar-refractivity contribution in [3.63, 3.8) is 0 Å². The van der Waals surface area contributed by atoms with Crippen LogP contribution in [0.3, 0.4) is 0 Å². The number of hydrogen-bond donors (Lipinski definition) is 2. The molecular formula is C10H12BrFN2S. The summed E-state index contributed by atoms with van der Waals surface area (Å²) >= 11 is 8.17. The minimum Gasteiger partial charge on any atom is -0.363 e. The van der Waals surface area contributed by atoms with E-state index in [2.05, 4.69) is 26.6 Å². The zero-order valence-corrected chi connectivity index (χ0v) is 10.9. The molecule has 0 atom stereocenters. The highest BCUT2D eigenvalue weighted by Crippen LogP contribution is 2.24. The van der Waals surface area contributed by atoms with Gasteiger partial charge in [-0.1, -0.05) is 0 Å². The van der Waals surface area contributed by atoms with Crippen molar-refractivity contribution in [2.24, 2.45) is 0 Å². The second-order valence-corrected chi connectivity index (χ2v) is 4.33. The fraction of sp³-hybridized carbons (Fsp3) is 0.300. The molecule has 0 spiro atoms. The zero-order valence-electron chi connectivity index (χ0n) is 8.53. The van der Waals surface area contributed by atoms with E-state index in [0.29, 0.717) is 9.59 Å². The topological polar surface area (TPSA) is 24.1 Å². The second-order valence-electron chi connectivity index (χ2n) is 3.07. The Labute approximate surface area is 102 Å². The third-order valence-electron chi connectivity index (χ3n) is 1.85. The number of nitrogens with one attached hydrogen (secondary N) is 2. The van der Waals surface area contributed by atoms with Gasteiger partial charge in [0.25, 0.3) is 0 Å². The number of hydrogen-bond acceptors (Lipinski definition) is 1. The van der Waals surface area contributed by atoms with Gasteiger partial charge in [0.15, 0.2) is 5.11 Å². The smallest absolute Gasteiger partial charge is 0.170 e. The molecule has 1 aromatic rings. The molecule has 0 aliphatic heterocycles. The van der Waals surface area contributed by atoms with E-state index in [9.17, 15) is 4.39 Å². The van der Waals surface area contributed by atoms with E-state index in [1.165, 1.54) is 6.07 Å². The van der Waals surface area contributed by atoms with Gasteiger partial charge in [0.05, 0.1) is 4.47 Å². The lowest BCUT2D eigenvalue weighted by atomic mass is 10.2. The lowest BCUT2D eigenvalue weighted by Gasteiger charge is -2.12. The van der Waals surface area contributed by atoms with Crippen molar-refractivity contribution in [3.05, 3.63) is 28.0 Å². The van der Waals surface area contributed by atoms with Gasteiger partial charge in [-0.3, -0.25) is 0 Å². The van der Waals surface area contributed by atoms with Crippen LogP contribution in [0.4, 0.5) is 10.1 Å². The molecule has 82 valence electrons. The number of benzene rings is 1. The van der Waals surface area contributed by atoms with E-state index in [0.717, 1.165) is 17.8 Å². The predicted molar refractivity (Wildman–Crippen MR) is 68.7 cm³/mol. The van der Waals surface area contributed by atoms with Crippen LogP contribution in [0.2, 0.25) is 0 Å². The first kappa shape index (κ1) is 12.4. The standard InChI is InChI=1S/C10H12BrFN2S/c1-3-13-10(15)14-9-5-7(11)8(12)4-6(9)2/h4-5H,3H2,1-2H3,(H2,13,14,15). The molecule has 0 saturated carbocycles. The Bertz CT molecular complexity index is 382. The summed E-state index contributed by atoms with van der Waals surface area (Å²) in [5.74, 6) is -0.271. The molecule has 2 nitrogen and oxygen atoms in total. The Kier molecular flexibility index (Phi) is 4.47. The molecule has 1 rings (SSSR count). The summed E-state index contributed by atoms with van der Waals surface area (Å²) < 4.78 is 13.5. The van der Waals surface area contributed by atoms with E-state index in [-0.39, 0.29) is 5.82 Å². The Hall–Kier alpha value is -0.680. The molecular weight excluding hydrogens is 279 g/mol. The molecule has 5 heteroatoms. The fourth-order valence-electron chi connectivity index (χ4n) is 1.11. The molecule has 0 heterocycles. The van der Waals surface area contributed by atoms with Gasteiger partial charge in [-0.2, -0.15) is 0 Å². The van der Waals surface area contributed by atoms with Crippen molar-refractivity contribution in [2.75, 3.05) is 11.9 Å². The van der Waals surface area contributed by atoms with E-state index < -0.39 is 0 Å². The highest BCUT2D eigenvalue weighted by Gasteiger charge is 2.05. The molecule has 0 saturated heterocycles. The maximum absolute atomic E-state index is 13.1. The minimum absolute atomic E-state index is 0.271. The first-order valence-electron chi connectivity index (χ1n) is 4.55. The molecule has 0 unspecified atom stereocenters. The SMILES string of the molecule is CCNC(=S)Nc1cc(Br)c(F)cc1C. The van der Waals surface area contributed by atoms with E-state index >= 15 is 0 Å². The van der Waals surface area contributed by atoms with Crippen LogP contribution in [0.1, 0.15) is 12.5 Å². The van der Waals surface area contributed by atoms with Crippen LogP contribution in [0.5, 0.6) is 0 Å². The van der Waals surface area contributed by atoms with Crippen molar-refractivity contribution < 1.29 is 4.39 Å². The summed E-state index contributed by atoms with van der Waals surface area (Å²) in [5, 5.41) is 6.51. The Morgan fingerprint density at radius 3 is 2.80 bits per heavy atom. The summed E-state index contributed by atoms with van der Waals surface area (Å²) in [6.45, 7) is 4.54. The van der Waals surface area contributed by atoms with Gasteiger partial charge in [0.1, 0.15) is 5.82 Å². The molecule has 0 fully saturated rings. The highest BCUT2D eigenvalue weighted by molar-refractivity contribution is 9.10. The number of halogens is 2. The lowest BCUT2D eigenvalue weighted by Crippen LogP contribution is -2.28. The normalized spacial score (nSPS) is 9.87. The average Bonchev–Trinajstić information content (AvgIpc) is 2.14. The molecule has 0 bridgehead atoms. The summed E-state index contributed by atoms with van der Waals surface area (Å²) in [7, 11) is 0. The van der Waals surface area contributed by atoms with Crippen molar-refractivity contribution in [1.82, 2.24) is 5.32 Å². The number of aryl methyl sites for hydroxylation is 1. The maximum Gasteiger partial charge on any atom is 0.170 e. The monoisotopic (exact) mass is 290 g/mol. The van der Waals surface area contributed by atoms with Gasteiger partial charge in [-0.15, -0.1) is 0 Å². The van der Waals surface area contributed by atoms with Crippen LogP contribution in [0.15, 0.2) is 16.6 Å². The van der Waals surface area contributed by atoms with Crippen LogP contribution in [-0.2, 0) is 0 Å². The van der Waals surface area contributed by atoms with E-state index in [4.69, 9.17) is 12.2 Å². The van der Waals surface area contributed by atoms with Crippen LogP contribution in [0.25, 0.3) is 0 Å². The number of rotatable bonds is 2. The largest absolute Gasteiger partial charge is 0.363 e. The Balaban J connectivity index is 2.86. The van der Waals surface area contributed by atoms with Crippen molar-refractivity contribution in [2.45, 2.75) is 13.8 Å². The summed E-state index contributed by atoms with van der Waals surface area (Å²) in [6, 6.07) is 3.13. The van der Waals surface area contributed by atoms with Crippen molar-refractivity contribution in [3.8, 4) is 0 Å². The van der Waals surface area contributed by atoms with E-state index in [1.54, 1.807) is 6.07 Å². The van der Waals surface area contributed by atoms with Gasteiger partial charge in [-0.25, -0.2) is 4.39 Å². The van der Waals surface area contributed by atoms with Crippen LogP contribution in [-0.4, -0.2) is 11.7 Å². The lowest BCUT2D eigenvalue weighted by molar-refractivity contribution is 0.620. The zero-order chi connectivity index (χ0) is 11.4. The van der Waals surface area contributed by atoms with Crippen LogP contribution < -0.4 is 10.6 Å². The van der Waals surface area contributed by atoms with Crippen molar-refractivity contribution >= 4 is 38.9 Å². The Morgan fingerprint density at radius 1 is 1.53 bits per heavy atom. The first-order chi connectivity index (χ1) is 7.04. The molecule has 2 N–H and O–H groups in total. The molecule has 1 aromatic carbocycles. The molecule has 0 aromatic heterocycles. The number of thiocarbonyl (C=S) groups is 1. The molecule has 0 amide bonds. The van der Waals surface area contributed by atoms with E-state index in [1.807, 2.05) is 13.8 Å². The van der Waals surface area contributed by atoms with Gasteiger partial charge >= 0.3 is 0 Å². The quantitative estimate of drug-likeness (QED) is 0.818. The van der Waals surface area contributed by atoms with Crippen molar-refractivity contribution in [1.29, 1.82) is 0 Å². The molecule has 0 radical (unpaired) electrons. The van der Waals surface area contributed by atoms with Gasteiger partial charge in [0, 0.05) is 12.2 Å². The maximum atomic E-state index is 13.1. The van der Waals surface area contributed by atoms with Gasteiger partial charge < -0.3 is 10.6 Å². The minimum atomic E-state index is -0.271. The molecule has 0 aliphatic rings. The second kappa shape index (κ2) is 5.42. The predicted octanol–water partition coefficient (Wildman–Crippen LogP) is 3.20. The fourth-order valence-corrected chi connectivity index (χ4v) is 1.71. The summed E-state index contributed by atoms with van der Waals surface area (Å²) in [6.07, 6.45) is 0. The molecule has 0 aliphatic carbocycles. The summed E-state index contributed by atoms with van der Waals surface area (Å²) in [5.41, 5.74) is 1.62. The third-order valence-corrected chi connectivity index (χ3v) is 2.71. The summed E-state index contributed by atoms with van der Waals surface area (Å²) in [4.78, 5) is 0. The highest BCUT2D eigenvalue weighted by atomic mass is 79.9. The molecule has 15 heavy (non-hydrogen) atoms. The van der Waals surface area contributed by atoms with Crippen LogP contribution >= 0.6 is 28.1 Å². The first-order valence-corrected chi connectivity index (χ1v) is 5.75. The van der Waals surface area contributed by atoms with Gasteiger partial charge in [0.2, 0.25) is 0 Å². The van der Waals surface area contributed by atoms with Gasteiger partial charge in [-0.05, 0) is 59.7 Å². The average molecular weight is 291 g/mol. The number of anilines is 1.